The number of hydrogen-bond acceptors (Lipinski definition) is 8. The lowest BCUT2D eigenvalue weighted by Crippen LogP contribution is -2.49. The summed E-state index contributed by atoms with van der Waals surface area (Å²) in [7, 11) is 0. The van der Waals surface area contributed by atoms with E-state index in [2.05, 4.69) is 43.8 Å². The summed E-state index contributed by atoms with van der Waals surface area (Å²) < 4.78 is 3.87. The molecular weight excluding hydrogens is 386 g/mol. The van der Waals surface area contributed by atoms with Crippen LogP contribution in [0, 0.1) is 20.8 Å². The molecule has 1 aliphatic heterocycles. The van der Waals surface area contributed by atoms with Crippen molar-refractivity contribution in [3.63, 3.8) is 0 Å². The van der Waals surface area contributed by atoms with Gasteiger partial charge in [0.25, 0.3) is 5.91 Å². The van der Waals surface area contributed by atoms with Crippen molar-refractivity contribution in [1.82, 2.24) is 24.5 Å². The van der Waals surface area contributed by atoms with Crippen molar-refractivity contribution < 1.29 is 4.79 Å². The summed E-state index contributed by atoms with van der Waals surface area (Å²) in [5.74, 6) is 1.45. The fourth-order valence-corrected chi connectivity index (χ4v) is 3.85. The molecule has 0 radical (unpaired) electrons. The van der Waals surface area contributed by atoms with Crippen molar-refractivity contribution in [3.05, 3.63) is 52.2 Å². The third kappa shape index (κ3) is 4.34. The van der Waals surface area contributed by atoms with Crippen molar-refractivity contribution in [2.24, 2.45) is 0 Å². The summed E-state index contributed by atoms with van der Waals surface area (Å²) in [5, 5.41) is 7.29. The van der Waals surface area contributed by atoms with E-state index in [0.717, 1.165) is 28.7 Å². The number of amides is 1. The van der Waals surface area contributed by atoms with Crippen LogP contribution >= 0.6 is 11.5 Å². The molecule has 1 N–H and O–H groups in total. The van der Waals surface area contributed by atoms with E-state index < -0.39 is 0 Å². The highest BCUT2D eigenvalue weighted by molar-refractivity contribution is 7.07. The van der Waals surface area contributed by atoms with Gasteiger partial charge >= 0.3 is 0 Å². The van der Waals surface area contributed by atoms with Crippen LogP contribution in [0.1, 0.15) is 26.6 Å². The lowest BCUT2D eigenvalue weighted by Gasteiger charge is -2.34. The van der Waals surface area contributed by atoms with Gasteiger partial charge in [-0.1, -0.05) is 22.2 Å². The molecule has 3 heterocycles. The monoisotopic (exact) mass is 409 g/mol. The Kier molecular flexibility index (Phi) is 5.39. The lowest BCUT2D eigenvalue weighted by atomic mass is 10.2. The number of carbonyl (C=O) groups is 1. The molecule has 1 aromatic carbocycles. The highest BCUT2D eigenvalue weighted by Crippen LogP contribution is 2.21. The summed E-state index contributed by atoms with van der Waals surface area (Å²) in [6, 6.07) is 10.1. The van der Waals surface area contributed by atoms with Gasteiger partial charge in [-0.3, -0.25) is 4.79 Å². The lowest BCUT2D eigenvalue weighted by molar-refractivity contribution is 0.0750. The van der Waals surface area contributed by atoms with Gasteiger partial charge in [0.05, 0.1) is 5.69 Å². The van der Waals surface area contributed by atoms with Gasteiger partial charge in [-0.25, -0.2) is 4.98 Å². The van der Waals surface area contributed by atoms with Crippen LogP contribution in [0.15, 0.2) is 30.3 Å². The van der Waals surface area contributed by atoms with Crippen molar-refractivity contribution >= 4 is 34.9 Å². The quantitative estimate of drug-likeness (QED) is 0.709. The van der Waals surface area contributed by atoms with Crippen LogP contribution in [0.4, 0.5) is 17.5 Å². The van der Waals surface area contributed by atoms with E-state index in [0.29, 0.717) is 42.7 Å². The molecule has 0 spiro atoms. The summed E-state index contributed by atoms with van der Waals surface area (Å²) >= 11 is 1.16. The Morgan fingerprint density at radius 2 is 1.76 bits per heavy atom. The van der Waals surface area contributed by atoms with E-state index in [1.54, 1.807) is 0 Å². The second-order valence-corrected chi connectivity index (χ2v) is 7.91. The molecule has 1 amide bonds. The van der Waals surface area contributed by atoms with Gasteiger partial charge in [-0.2, -0.15) is 4.98 Å². The molecule has 0 saturated carbocycles. The van der Waals surface area contributed by atoms with Gasteiger partial charge in [0.1, 0.15) is 10.7 Å². The number of benzene rings is 1. The van der Waals surface area contributed by atoms with Gasteiger partial charge < -0.3 is 15.1 Å². The average Bonchev–Trinajstić information content (AvgIpc) is 3.15. The summed E-state index contributed by atoms with van der Waals surface area (Å²) in [6.07, 6.45) is 0. The zero-order valence-corrected chi connectivity index (χ0v) is 17.5. The molecule has 1 aliphatic rings. The van der Waals surface area contributed by atoms with Crippen molar-refractivity contribution in [2.45, 2.75) is 20.8 Å². The smallest absolute Gasteiger partial charge is 0.267 e. The molecule has 2 aromatic heterocycles. The fraction of sp³-hybridized carbons (Fsp3) is 0.350. The first kappa shape index (κ1) is 19.3. The first-order chi connectivity index (χ1) is 14.0. The number of hydrogen-bond donors (Lipinski definition) is 1. The molecule has 3 aromatic rings. The maximum atomic E-state index is 12.7. The Morgan fingerprint density at radius 1 is 1.03 bits per heavy atom. The third-order valence-corrected chi connectivity index (χ3v) is 5.68. The Morgan fingerprint density at radius 3 is 2.41 bits per heavy atom. The molecular formula is C20H23N7OS. The van der Waals surface area contributed by atoms with Gasteiger partial charge in [0.2, 0.25) is 5.95 Å². The highest BCUT2D eigenvalue weighted by Gasteiger charge is 2.26. The second kappa shape index (κ2) is 8.12. The number of piperazine rings is 1. The predicted molar refractivity (Wildman–Crippen MR) is 114 cm³/mol. The molecule has 0 atom stereocenters. The number of aryl methyl sites for hydroxylation is 3. The second-order valence-electron chi connectivity index (χ2n) is 7.15. The normalized spacial score (nSPS) is 14.2. The zero-order valence-electron chi connectivity index (χ0n) is 16.7. The topological polar surface area (TPSA) is 87.1 Å². The molecule has 8 nitrogen and oxygen atoms in total. The maximum Gasteiger partial charge on any atom is 0.267 e. The standard InChI is InChI=1S/C20H23N7OS/c1-13-4-6-16(7-5-13)22-17-12-14(2)21-20(23-17)27-10-8-26(9-11-27)19(28)18-15(3)24-25-29-18/h4-7,12H,8-11H2,1-3H3,(H,21,22,23). The largest absolute Gasteiger partial charge is 0.340 e. The van der Waals surface area contributed by atoms with Crippen LogP contribution in [-0.2, 0) is 0 Å². The number of anilines is 3. The van der Waals surface area contributed by atoms with E-state index in [1.165, 1.54) is 5.56 Å². The minimum Gasteiger partial charge on any atom is -0.340 e. The van der Waals surface area contributed by atoms with Crippen LogP contribution in [0.25, 0.3) is 0 Å². The molecule has 150 valence electrons. The minimum absolute atomic E-state index is 0.00374. The Hall–Kier alpha value is -3.07. The Labute approximate surface area is 173 Å². The Balaban J connectivity index is 1.44. The number of rotatable bonds is 4. The molecule has 4 rings (SSSR count). The average molecular weight is 410 g/mol. The summed E-state index contributed by atoms with van der Waals surface area (Å²) in [5.41, 5.74) is 3.79. The first-order valence-corrected chi connectivity index (χ1v) is 10.3. The molecule has 29 heavy (non-hydrogen) atoms. The number of nitrogens with one attached hydrogen (secondary N) is 1. The fourth-order valence-electron chi connectivity index (χ4n) is 3.22. The number of carbonyl (C=O) groups excluding carboxylic acids is 1. The van der Waals surface area contributed by atoms with Gasteiger partial charge in [0.15, 0.2) is 0 Å². The number of aromatic nitrogens is 4. The van der Waals surface area contributed by atoms with Crippen LogP contribution < -0.4 is 10.2 Å². The van der Waals surface area contributed by atoms with E-state index in [1.807, 2.05) is 36.9 Å². The van der Waals surface area contributed by atoms with Crippen LogP contribution in [0.3, 0.4) is 0 Å². The zero-order chi connectivity index (χ0) is 20.4. The van der Waals surface area contributed by atoms with Gasteiger partial charge in [0, 0.05) is 43.6 Å². The van der Waals surface area contributed by atoms with Gasteiger partial charge in [-0.15, -0.1) is 5.10 Å². The molecule has 0 unspecified atom stereocenters. The van der Waals surface area contributed by atoms with Crippen LogP contribution in [-0.4, -0.2) is 56.5 Å². The third-order valence-electron chi connectivity index (χ3n) is 4.86. The Bertz CT molecular complexity index is 1010. The van der Waals surface area contributed by atoms with Crippen LogP contribution in [0.5, 0.6) is 0 Å². The number of nitrogens with zero attached hydrogens (tertiary/aromatic N) is 6. The molecule has 1 fully saturated rings. The van der Waals surface area contributed by atoms with Crippen molar-refractivity contribution in [2.75, 3.05) is 36.4 Å². The first-order valence-electron chi connectivity index (χ1n) is 9.52. The van der Waals surface area contributed by atoms with Crippen molar-refractivity contribution in [1.29, 1.82) is 0 Å². The van der Waals surface area contributed by atoms with E-state index in [-0.39, 0.29) is 5.91 Å². The SMILES string of the molecule is Cc1ccc(Nc2cc(C)nc(N3CCN(C(=O)c4snnc4C)CC3)n2)cc1. The molecule has 1 saturated heterocycles. The van der Waals surface area contributed by atoms with Crippen molar-refractivity contribution in [3.8, 4) is 0 Å². The maximum absolute atomic E-state index is 12.7. The minimum atomic E-state index is 0.00374. The predicted octanol–water partition coefficient (Wildman–Crippen LogP) is 2.96. The van der Waals surface area contributed by atoms with Crippen LogP contribution in [0.2, 0.25) is 0 Å². The highest BCUT2D eigenvalue weighted by atomic mass is 32.1. The van der Waals surface area contributed by atoms with E-state index in [9.17, 15) is 4.79 Å². The molecule has 0 aliphatic carbocycles. The van der Waals surface area contributed by atoms with Gasteiger partial charge in [-0.05, 0) is 44.4 Å². The molecule has 9 heteroatoms. The van der Waals surface area contributed by atoms with E-state index >= 15 is 0 Å². The summed E-state index contributed by atoms with van der Waals surface area (Å²) in [4.78, 5) is 26.5. The summed E-state index contributed by atoms with van der Waals surface area (Å²) in [6.45, 7) is 8.45. The van der Waals surface area contributed by atoms with E-state index in [4.69, 9.17) is 4.98 Å². The molecule has 0 bridgehead atoms.